The van der Waals surface area contributed by atoms with Gasteiger partial charge in [0.2, 0.25) is 0 Å². The summed E-state index contributed by atoms with van der Waals surface area (Å²) in [6.07, 6.45) is 0. The minimum atomic E-state index is 1.14. The molecule has 0 spiro atoms. The van der Waals surface area contributed by atoms with Gasteiger partial charge in [-0.05, 0) is 176 Å². The van der Waals surface area contributed by atoms with Gasteiger partial charge in [0.25, 0.3) is 0 Å². The minimum Gasteiger partial charge on any atom is -0.307 e. The van der Waals surface area contributed by atoms with Gasteiger partial charge in [-0.1, -0.05) is 400 Å². The lowest BCUT2D eigenvalue weighted by atomic mass is 9.95. The lowest BCUT2D eigenvalue weighted by molar-refractivity contribution is 1.15. The molecule has 9 heterocycles. The van der Waals surface area contributed by atoms with Gasteiger partial charge in [0.05, 0.1) is 71.9 Å². The maximum absolute atomic E-state index is 2.53. The first-order valence-electron chi connectivity index (χ1n) is 51.0. The fourth-order valence-corrected chi connectivity index (χ4v) is 28.3. The molecular formula is C140H86N6S3. The van der Waals surface area contributed by atoms with Crippen molar-refractivity contribution in [3.63, 3.8) is 0 Å². The number of thiophene rings is 3. The van der Waals surface area contributed by atoms with Gasteiger partial charge in [0.1, 0.15) is 0 Å². The van der Waals surface area contributed by atoms with Crippen LogP contribution in [0, 0.1) is 0 Å². The Morgan fingerprint density at radius 3 is 0.846 bits per heavy atom. The van der Waals surface area contributed by atoms with Gasteiger partial charge in [-0.2, -0.15) is 0 Å². The number of nitrogens with zero attached hydrogens (tertiary/aromatic N) is 6. The summed E-state index contributed by atoms with van der Waals surface area (Å²) in [6, 6.07) is 191. The second-order valence-corrected chi connectivity index (χ2v) is 42.2. The Bertz CT molecular complexity index is 11300. The van der Waals surface area contributed by atoms with Crippen LogP contribution in [-0.4, -0.2) is 27.4 Å². The maximum atomic E-state index is 2.53. The van der Waals surface area contributed by atoms with E-state index in [1.54, 1.807) is 0 Å². The molecule has 0 aliphatic rings. The van der Waals surface area contributed by atoms with Crippen LogP contribution in [0.25, 0.3) is 292 Å². The molecule has 33 aromatic rings. The molecule has 0 atom stereocenters. The van der Waals surface area contributed by atoms with E-state index in [1.807, 2.05) is 34.0 Å². The SMILES string of the molecule is c1ccc(-c2ccc3c4ccc5c6ccccc6n(-c6ccccc6)c5c4n(-c4ccc(-c5cccc6c5sc5ccccc56)cc4)c3c2)cc1.c1ccc(-n2c3ccccc3c3ccc4c5ccccc5n(-c5ccc(-c6cccc7c6sc6ccccc67)c6ccccc56)c4c32)cc1.c1ccc2cc(-n3c4ccccc4c4ccc5c6ccccc6n(-c6ccc(-c7cccc8c7sc7ccccc78)cc6)c5c43)ccc2c1. The first kappa shape index (κ1) is 84.7. The Morgan fingerprint density at radius 1 is 0.128 bits per heavy atom. The Labute approximate surface area is 867 Å². The van der Waals surface area contributed by atoms with E-state index in [9.17, 15) is 0 Å². The average Bonchev–Trinajstić information content (AvgIpc) is 1.54. The number of hydrogen-bond acceptors (Lipinski definition) is 3. The fraction of sp³-hybridized carbons (Fsp3) is 0. The Hall–Kier alpha value is -18.7. The summed E-state index contributed by atoms with van der Waals surface area (Å²) in [5, 5.41) is 28.0. The van der Waals surface area contributed by atoms with Crippen molar-refractivity contribution in [2.24, 2.45) is 0 Å². The molecule has 6 nitrogen and oxygen atoms in total. The van der Waals surface area contributed by atoms with Crippen molar-refractivity contribution in [1.29, 1.82) is 0 Å². The number of rotatable bonds is 10. The van der Waals surface area contributed by atoms with Crippen LogP contribution in [0.4, 0.5) is 0 Å². The minimum absolute atomic E-state index is 1.14. The van der Waals surface area contributed by atoms with Crippen LogP contribution < -0.4 is 0 Å². The number of fused-ring (bicyclic) bond motifs is 32. The predicted octanol–water partition coefficient (Wildman–Crippen LogP) is 39.7. The highest BCUT2D eigenvalue weighted by Crippen LogP contribution is 2.52. The third kappa shape index (κ3) is 13.1. The molecule has 0 saturated carbocycles. The molecule has 0 aliphatic heterocycles. The molecule has 0 radical (unpaired) electrons. The van der Waals surface area contributed by atoms with E-state index in [-0.39, 0.29) is 0 Å². The van der Waals surface area contributed by atoms with Crippen LogP contribution in [0.2, 0.25) is 0 Å². The summed E-state index contributed by atoms with van der Waals surface area (Å²) < 4.78 is 22.9. The second-order valence-electron chi connectivity index (χ2n) is 39.1. The summed E-state index contributed by atoms with van der Waals surface area (Å²) >= 11 is 5.66. The largest absolute Gasteiger partial charge is 0.307 e. The van der Waals surface area contributed by atoms with Crippen molar-refractivity contribution in [1.82, 2.24) is 27.4 Å². The smallest absolute Gasteiger partial charge is 0.0789 e. The molecule has 0 N–H and O–H groups in total. The Morgan fingerprint density at radius 2 is 0.416 bits per heavy atom. The highest BCUT2D eigenvalue weighted by atomic mass is 32.1. The molecule has 0 amide bonds. The van der Waals surface area contributed by atoms with Gasteiger partial charge in [0.15, 0.2) is 0 Å². The highest BCUT2D eigenvalue weighted by Gasteiger charge is 2.29. The van der Waals surface area contributed by atoms with E-state index < -0.39 is 0 Å². The predicted molar refractivity (Wildman–Crippen MR) is 641 cm³/mol. The first-order valence-corrected chi connectivity index (χ1v) is 53.4. The summed E-state index contributed by atoms with van der Waals surface area (Å²) in [6.45, 7) is 0. The Balaban J connectivity index is 0.000000101. The molecule has 0 saturated heterocycles. The number of benzene rings is 24. The third-order valence-corrected chi connectivity index (χ3v) is 34.8. The van der Waals surface area contributed by atoms with Crippen LogP contribution >= 0.6 is 34.0 Å². The first-order chi connectivity index (χ1) is 74.0. The zero-order valence-electron chi connectivity index (χ0n) is 80.6. The van der Waals surface area contributed by atoms with E-state index >= 15 is 0 Å². The highest BCUT2D eigenvalue weighted by molar-refractivity contribution is 7.27. The van der Waals surface area contributed by atoms with Crippen LogP contribution in [0.5, 0.6) is 0 Å². The molecule has 0 aliphatic carbocycles. The van der Waals surface area contributed by atoms with Gasteiger partial charge in [-0.25, -0.2) is 0 Å². The Kier molecular flexibility index (Phi) is 19.3. The zero-order chi connectivity index (χ0) is 97.6. The van der Waals surface area contributed by atoms with Crippen molar-refractivity contribution in [3.05, 3.63) is 522 Å². The second kappa shape index (κ2) is 34.0. The van der Waals surface area contributed by atoms with Crippen LogP contribution in [0.1, 0.15) is 0 Å². The molecule has 0 fully saturated rings. The lowest BCUT2D eigenvalue weighted by Crippen LogP contribution is -1.99. The van der Waals surface area contributed by atoms with Crippen LogP contribution in [-0.2, 0) is 0 Å². The summed E-state index contributed by atoms with van der Waals surface area (Å²) in [5.41, 5.74) is 31.5. The number of hydrogen-bond donors (Lipinski definition) is 0. The topological polar surface area (TPSA) is 29.6 Å². The van der Waals surface area contributed by atoms with Gasteiger partial charge in [-0.15, -0.1) is 34.0 Å². The van der Waals surface area contributed by atoms with Gasteiger partial charge < -0.3 is 27.4 Å². The van der Waals surface area contributed by atoms with Crippen molar-refractivity contribution < 1.29 is 0 Å². The normalized spacial score (nSPS) is 12.0. The summed E-state index contributed by atoms with van der Waals surface area (Å²) in [7, 11) is 0. The van der Waals surface area contributed by atoms with Gasteiger partial charge in [0, 0.05) is 165 Å². The number of para-hydroxylation sites is 7. The molecule has 0 bridgehead atoms. The summed E-state index contributed by atoms with van der Waals surface area (Å²) in [4.78, 5) is 0. The molecule has 33 rings (SSSR count). The molecule has 9 heteroatoms. The lowest BCUT2D eigenvalue weighted by Gasteiger charge is -2.16. The van der Waals surface area contributed by atoms with Crippen LogP contribution in [0.15, 0.2) is 522 Å². The molecule has 694 valence electrons. The van der Waals surface area contributed by atoms with Gasteiger partial charge >= 0.3 is 0 Å². The van der Waals surface area contributed by atoms with Crippen LogP contribution in [0.3, 0.4) is 0 Å². The van der Waals surface area contributed by atoms with Gasteiger partial charge in [-0.3, -0.25) is 0 Å². The third-order valence-electron chi connectivity index (χ3n) is 31.1. The quantitative estimate of drug-likeness (QED) is 0.131. The molecule has 9 aromatic heterocycles. The molecule has 149 heavy (non-hydrogen) atoms. The summed E-state index contributed by atoms with van der Waals surface area (Å²) in [5.74, 6) is 0. The van der Waals surface area contributed by atoms with Crippen molar-refractivity contribution in [3.8, 4) is 78.6 Å². The van der Waals surface area contributed by atoms with E-state index in [1.165, 1.54) is 269 Å². The molecular weight excluding hydrogens is 1860 g/mol. The van der Waals surface area contributed by atoms with E-state index in [0.29, 0.717) is 0 Å². The standard InChI is InChI=1S/C48H30N2S.2C46H28N2S/c1-3-12-31(13-4-1)33-24-27-38-41-29-28-40-37-16-7-9-20-43(37)49(34-14-5-2-6-15-34)46(40)47(41)50(44(38)30-33)35-25-22-32(23-26-35)36-18-11-19-42-39-17-8-10-21-45(39)51-48(36)42;1-2-11-31-28-33(25-20-29(31)10-1)48-42-18-7-4-13-36(42)39-27-26-38-35-12-3-6-17-41(35)47(44(38)45(39)48)32-23-21-30(22-24-32)34-15-9-16-40-37-14-5-8-19-43(37)49-46(34)40;1-2-13-29(14-3-1)47-40-22-9-6-17-33(40)36-25-26-37-34-18-7-10-23-41(34)48(45(37)44(36)47)42-28-27-31(30-15-4-5-16-32(30)42)38-20-12-21-39-35-19-8-11-24-43(35)49-46(38)39/h1-30H;2*1-28H. The van der Waals surface area contributed by atoms with Crippen molar-refractivity contribution in [2.45, 2.75) is 0 Å². The zero-order valence-corrected chi connectivity index (χ0v) is 83.0. The number of aromatic nitrogens is 6. The monoisotopic (exact) mass is 1950 g/mol. The van der Waals surface area contributed by atoms with Crippen molar-refractivity contribution in [2.75, 3.05) is 0 Å². The van der Waals surface area contributed by atoms with E-state index in [4.69, 9.17) is 0 Å². The average molecular weight is 1950 g/mol. The molecule has 0 unspecified atom stereocenters. The van der Waals surface area contributed by atoms with E-state index in [0.717, 1.165) is 22.7 Å². The van der Waals surface area contributed by atoms with Crippen molar-refractivity contribution >= 4 is 247 Å². The fourth-order valence-electron chi connectivity index (χ4n) is 24.6. The van der Waals surface area contributed by atoms with E-state index in [2.05, 4.69) is 549 Å². The maximum Gasteiger partial charge on any atom is 0.0789 e. The molecule has 24 aromatic carbocycles.